The molecular weight excluding hydrogens is 356 g/mol. The highest BCUT2D eigenvalue weighted by molar-refractivity contribution is 6.28. The third kappa shape index (κ3) is 4.04. The first-order valence-electron chi connectivity index (χ1n) is 8.95. The molecule has 0 unspecified atom stereocenters. The predicted octanol–water partition coefficient (Wildman–Crippen LogP) is 3.04. The molecule has 0 radical (unpaired) electrons. The number of ether oxygens (including phenoxy) is 2. The van der Waals surface area contributed by atoms with Crippen LogP contribution < -0.4 is 4.90 Å². The summed E-state index contributed by atoms with van der Waals surface area (Å²) in [7, 11) is 0. The number of amides is 1. The van der Waals surface area contributed by atoms with Crippen LogP contribution in [0.3, 0.4) is 0 Å². The van der Waals surface area contributed by atoms with Crippen LogP contribution in [0, 0.1) is 0 Å². The van der Waals surface area contributed by atoms with Gasteiger partial charge in [-0.2, -0.15) is 0 Å². The van der Waals surface area contributed by atoms with E-state index in [4.69, 9.17) is 21.1 Å². The number of hydrogen-bond donors (Lipinski definition) is 0. The van der Waals surface area contributed by atoms with Gasteiger partial charge < -0.3 is 19.3 Å². The summed E-state index contributed by atoms with van der Waals surface area (Å²) in [6.07, 6.45) is 0.347. The van der Waals surface area contributed by atoms with Crippen molar-refractivity contribution in [3.63, 3.8) is 0 Å². The standard InChI is InChI=1S/C18H27ClN4O3/c1-17(2,3)26-16(24)22-7-6-12-13(10-22)20-15(19)21-14(12)23-8-9-25-11-18(23,4)5/h6-11H2,1-5H3. The quantitative estimate of drug-likeness (QED) is 0.695. The third-order valence-electron chi connectivity index (χ3n) is 4.57. The Labute approximate surface area is 159 Å². The molecular formula is C18H27ClN4O3. The van der Waals surface area contributed by atoms with Crippen LogP contribution in [-0.4, -0.2) is 58.4 Å². The monoisotopic (exact) mass is 382 g/mol. The van der Waals surface area contributed by atoms with E-state index in [9.17, 15) is 4.79 Å². The van der Waals surface area contributed by atoms with Crippen molar-refractivity contribution >= 4 is 23.5 Å². The number of nitrogens with zero attached hydrogens (tertiary/aromatic N) is 4. The number of hydrogen-bond acceptors (Lipinski definition) is 6. The molecule has 2 aliphatic rings. The minimum Gasteiger partial charge on any atom is -0.444 e. The number of halogens is 1. The summed E-state index contributed by atoms with van der Waals surface area (Å²) in [6.45, 7) is 12.8. The van der Waals surface area contributed by atoms with E-state index < -0.39 is 5.60 Å². The Bertz CT molecular complexity index is 702. The number of aromatic nitrogens is 2. The molecule has 8 heteroatoms. The van der Waals surface area contributed by atoms with Gasteiger partial charge in [0.25, 0.3) is 0 Å². The van der Waals surface area contributed by atoms with Gasteiger partial charge in [0.2, 0.25) is 5.28 Å². The maximum absolute atomic E-state index is 12.4. The van der Waals surface area contributed by atoms with Gasteiger partial charge in [-0.3, -0.25) is 0 Å². The van der Waals surface area contributed by atoms with Crippen molar-refractivity contribution in [2.24, 2.45) is 0 Å². The molecule has 0 saturated carbocycles. The topological polar surface area (TPSA) is 67.8 Å². The Balaban J connectivity index is 1.88. The third-order valence-corrected chi connectivity index (χ3v) is 4.74. The molecule has 1 aromatic rings. The average molecular weight is 383 g/mol. The summed E-state index contributed by atoms with van der Waals surface area (Å²) in [5.74, 6) is 0.858. The van der Waals surface area contributed by atoms with Crippen molar-refractivity contribution in [2.45, 2.75) is 58.7 Å². The molecule has 0 atom stereocenters. The van der Waals surface area contributed by atoms with E-state index in [1.54, 1.807) is 4.90 Å². The van der Waals surface area contributed by atoms with Crippen LogP contribution in [-0.2, 0) is 22.4 Å². The fourth-order valence-corrected chi connectivity index (χ4v) is 3.52. The highest BCUT2D eigenvalue weighted by Gasteiger charge is 2.36. The lowest BCUT2D eigenvalue weighted by atomic mass is 9.99. The molecule has 7 nitrogen and oxygen atoms in total. The second kappa shape index (κ2) is 6.85. The van der Waals surface area contributed by atoms with E-state index in [1.165, 1.54) is 0 Å². The van der Waals surface area contributed by atoms with Crippen LogP contribution in [0.25, 0.3) is 0 Å². The van der Waals surface area contributed by atoms with Crippen LogP contribution in [0.2, 0.25) is 5.28 Å². The predicted molar refractivity (Wildman–Crippen MR) is 99.6 cm³/mol. The van der Waals surface area contributed by atoms with Gasteiger partial charge >= 0.3 is 6.09 Å². The molecule has 144 valence electrons. The molecule has 3 rings (SSSR count). The van der Waals surface area contributed by atoms with Gasteiger partial charge in [0.05, 0.1) is 31.0 Å². The molecule has 26 heavy (non-hydrogen) atoms. The zero-order valence-corrected chi connectivity index (χ0v) is 16.9. The Hall–Kier alpha value is -1.60. The maximum atomic E-state index is 12.4. The van der Waals surface area contributed by atoms with E-state index in [2.05, 4.69) is 28.7 Å². The molecule has 0 spiro atoms. The van der Waals surface area contributed by atoms with Gasteiger partial charge in [-0.25, -0.2) is 14.8 Å². The number of carbonyl (C=O) groups is 1. The van der Waals surface area contributed by atoms with Gasteiger partial charge in [-0.1, -0.05) is 0 Å². The first-order valence-corrected chi connectivity index (χ1v) is 9.33. The zero-order valence-electron chi connectivity index (χ0n) is 16.1. The van der Waals surface area contributed by atoms with Gasteiger partial charge in [0, 0.05) is 18.7 Å². The summed E-state index contributed by atoms with van der Waals surface area (Å²) < 4.78 is 11.1. The Morgan fingerprint density at radius 3 is 2.65 bits per heavy atom. The number of fused-ring (bicyclic) bond motifs is 1. The van der Waals surface area contributed by atoms with Crippen LogP contribution in [0.15, 0.2) is 0 Å². The summed E-state index contributed by atoms with van der Waals surface area (Å²) >= 11 is 6.21. The lowest BCUT2D eigenvalue weighted by Gasteiger charge is -2.44. The van der Waals surface area contributed by atoms with Crippen molar-refractivity contribution in [2.75, 3.05) is 31.2 Å². The Kier molecular flexibility index (Phi) is 5.05. The van der Waals surface area contributed by atoms with Crippen molar-refractivity contribution in [3.05, 3.63) is 16.5 Å². The first-order chi connectivity index (χ1) is 12.1. The molecule has 1 aromatic heterocycles. The van der Waals surface area contributed by atoms with Crippen molar-refractivity contribution < 1.29 is 14.3 Å². The molecule has 1 saturated heterocycles. The van der Waals surface area contributed by atoms with Crippen molar-refractivity contribution in [3.8, 4) is 0 Å². The molecule has 3 heterocycles. The Morgan fingerprint density at radius 2 is 2.00 bits per heavy atom. The molecule has 0 N–H and O–H groups in total. The molecule has 2 aliphatic heterocycles. The summed E-state index contributed by atoms with van der Waals surface area (Å²) in [4.78, 5) is 25.2. The molecule has 0 aliphatic carbocycles. The summed E-state index contributed by atoms with van der Waals surface area (Å²) in [5.41, 5.74) is 1.15. The maximum Gasteiger partial charge on any atom is 0.410 e. The van der Waals surface area contributed by atoms with Crippen LogP contribution in [0.1, 0.15) is 45.9 Å². The fraction of sp³-hybridized carbons (Fsp3) is 0.722. The van der Waals surface area contributed by atoms with E-state index in [0.29, 0.717) is 32.7 Å². The van der Waals surface area contributed by atoms with E-state index in [-0.39, 0.29) is 16.9 Å². The van der Waals surface area contributed by atoms with Crippen LogP contribution >= 0.6 is 11.6 Å². The fourth-order valence-electron chi connectivity index (χ4n) is 3.34. The van der Waals surface area contributed by atoms with Gasteiger partial charge in [-0.05, 0) is 52.6 Å². The number of morpholine rings is 1. The van der Waals surface area contributed by atoms with Gasteiger partial charge in [-0.15, -0.1) is 0 Å². The largest absolute Gasteiger partial charge is 0.444 e. The SMILES string of the molecule is CC(C)(C)OC(=O)N1CCc2c(nc(Cl)nc2N2CCOCC2(C)C)C1. The molecule has 1 fully saturated rings. The molecule has 1 amide bonds. The minimum atomic E-state index is -0.524. The van der Waals surface area contributed by atoms with Crippen molar-refractivity contribution in [1.29, 1.82) is 0 Å². The summed E-state index contributed by atoms with van der Waals surface area (Å²) in [5, 5.41) is 0.201. The van der Waals surface area contributed by atoms with Crippen LogP contribution in [0.5, 0.6) is 0 Å². The Morgan fingerprint density at radius 1 is 1.27 bits per heavy atom. The molecule has 0 bridgehead atoms. The van der Waals surface area contributed by atoms with Gasteiger partial charge in [0.15, 0.2) is 0 Å². The zero-order chi connectivity index (χ0) is 19.1. The van der Waals surface area contributed by atoms with E-state index in [1.807, 2.05) is 20.8 Å². The molecule has 0 aromatic carbocycles. The normalized spacial score (nSPS) is 19.9. The number of carbonyl (C=O) groups excluding carboxylic acids is 1. The highest BCUT2D eigenvalue weighted by atomic mass is 35.5. The summed E-state index contributed by atoms with van der Waals surface area (Å²) in [6, 6.07) is 0. The van der Waals surface area contributed by atoms with E-state index >= 15 is 0 Å². The van der Waals surface area contributed by atoms with Gasteiger partial charge in [0.1, 0.15) is 11.4 Å². The highest BCUT2D eigenvalue weighted by Crippen LogP contribution is 2.33. The second-order valence-electron chi connectivity index (χ2n) is 8.41. The van der Waals surface area contributed by atoms with Crippen LogP contribution in [0.4, 0.5) is 10.6 Å². The first kappa shape index (κ1) is 19.2. The second-order valence-corrected chi connectivity index (χ2v) is 8.75. The lowest BCUT2D eigenvalue weighted by Crippen LogP contribution is -2.54. The smallest absolute Gasteiger partial charge is 0.410 e. The number of anilines is 1. The number of rotatable bonds is 1. The lowest BCUT2D eigenvalue weighted by molar-refractivity contribution is 0.0220. The van der Waals surface area contributed by atoms with E-state index in [0.717, 1.165) is 23.6 Å². The minimum absolute atomic E-state index is 0.175. The van der Waals surface area contributed by atoms with Crippen molar-refractivity contribution in [1.82, 2.24) is 14.9 Å². The average Bonchev–Trinajstić information content (AvgIpc) is 2.51.